The second-order valence-corrected chi connectivity index (χ2v) is 9.98. The molecular weight excluding hydrogens is 490 g/mol. The highest BCUT2D eigenvalue weighted by molar-refractivity contribution is 7.15. The molecule has 3 heterocycles. The molecule has 0 amide bonds. The molecule has 37 heavy (non-hydrogen) atoms. The number of ether oxygens (including phenoxy) is 4. The van der Waals surface area contributed by atoms with Gasteiger partial charge in [0.25, 0.3) is 5.56 Å². The zero-order valence-corrected chi connectivity index (χ0v) is 22.0. The maximum Gasteiger partial charge on any atom is 0.291 e. The van der Waals surface area contributed by atoms with E-state index in [1.165, 1.54) is 48.0 Å². The standard InChI is InChI=1S/C28H31N3O5S/c1-3-4-5-6-7-10-15-34-21-14-13-19(16-23(21)33-2)17-25-27(32)31-28(37-25)29-26(30-31)24-18-35-20-11-8-9-12-22(20)36-24/h8-9,11-14,16-17,24H,3-7,10,15,18H2,1-2H3/b25-17+. The molecule has 1 atom stereocenters. The molecule has 1 aliphatic heterocycles. The first-order valence-electron chi connectivity index (χ1n) is 12.8. The van der Waals surface area contributed by atoms with Crippen molar-refractivity contribution < 1.29 is 18.9 Å². The van der Waals surface area contributed by atoms with Crippen molar-refractivity contribution in [2.24, 2.45) is 0 Å². The van der Waals surface area contributed by atoms with Gasteiger partial charge in [0.05, 0.1) is 18.2 Å². The Morgan fingerprint density at radius 2 is 1.89 bits per heavy atom. The predicted molar refractivity (Wildman–Crippen MR) is 143 cm³/mol. The van der Waals surface area contributed by atoms with Gasteiger partial charge in [-0.3, -0.25) is 4.79 Å². The van der Waals surface area contributed by atoms with Crippen LogP contribution in [0.3, 0.4) is 0 Å². The number of hydrogen-bond acceptors (Lipinski definition) is 8. The highest BCUT2D eigenvalue weighted by atomic mass is 32.1. The molecule has 5 rings (SSSR count). The molecule has 4 aromatic rings. The van der Waals surface area contributed by atoms with E-state index in [0.29, 0.717) is 44.9 Å². The number of benzene rings is 2. The number of aromatic nitrogens is 3. The Kier molecular flexibility index (Phi) is 7.89. The van der Waals surface area contributed by atoms with E-state index in [1.807, 2.05) is 48.5 Å². The molecule has 194 valence electrons. The van der Waals surface area contributed by atoms with E-state index in [1.54, 1.807) is 7.11 Å². The van der Waals surface area contributed by atoms with E-state index in [9.17, 15) is 4.79 Å². The Bertz CT molecular complexity index is 1460. The summed E-state index contributed by atoms with van der Waals surface area (Å²) in [6.07, 6.45) is 8.62. The summed E-state index contributed by atoms with van der Waals surface area (Å²) in [5, 5.41) is 4.42. The van der Waals surface area contributed by atoms with Gasteiger partial charge in [-0.1, -0.05) is 68.6 Å². The fraction of sp³-hybridized carbons (Fsp3) is 0.393. The molecule has 0 radical (unpaired) electrons. The van der Waals surface area contributed by atoms with E-state index >= 15 is 0 Å². The van der Waals surface area contributed by atoms with Gasteiger partial charge in [0.15, 0.2) is 34.9 Å². The summed E-state index contributed by atoms with van der Waals surface area (Å²) in [7, 11) is 1.62. The van der Waals surface area contributed by atoms with Crippen molar-refractivity contribution in [3.05, 3.63) is 68.7 Å². The molecule has 2 aromatic carbocycles. The van der Waals surface area contributed by atoms with Crippen molar-refractivity contribution in [2.45, 2.75) is 51.6 Å². The van der Waals surface area contributed by atoms with Crippen molar-refractivity contribution in [3.8, 4) is 23.0 Å². The summed E-state index contributed by atoms with van der Waals surface area (Å²) >= 11 is 1.28. The Hall–Kier alpha value is -3.59. The first-order chi connectivity index (χ1) is 18.2. The van der Waals surface area contributed by atoms with Crippen molar-refractivity contribution >= 4 is 22.4 Å². The minimum atomic E-state index is -0.470. The van der Waals surface area contributed by atoms with E-state index in [-0.39, 0.29) is 12.2 Å². The average molecular weight is 522 g/mol. The van der Waals surface area contributed by atoms with Crippen LogP contribution in [0, 0.1) is 0 Å². The number of thiazole rings is 1. The lowest BCUT2D eigenvalue weighted by Crippen LogP contribution is -2.26. The number of rotatable bonds is 11. The van der Waals surface area contributed by atoms with Crippen LogP contribution in [0.4, 0.5) is 0 Å². The SMILES string of the molecule is CCCCCCCCOc1ccc(/C=c2/sc3nc(C4COc5ccccc5O4)nn3c2=O)cc1OC. The lowest BCUT2D eigenvalue weighted by atomic mass is 10.1. The summed E-state index contributed by atoms with van der Waals surface area (Å²) in [6, 6.07) is 13.1. The third kappa shape index (κ3) is 5.72. The number of para-hydroxylation sites is 2. The van der Waals surface area contributed by atoms with Crippen LogP contribution < -0.4 is 29.0 Å². The Balaban J connectivity index is 1.28. The minimum Gasteiger partial charge on any atom is -0.493 e. The number of methoxy groups -OCH3 is 1. The molecule has 0 fully saturated rings. The third-order valence-electron chi connectivity index (χ3n) is 6.24. The molecule has 0 spiro atoms. The van der Waals surface area contributed by atoms with Gasteiger partial charge >= 0.3 is 0 Å². The van der Waals surface area contributed by atoms with Gasteiger partial charge in [-0.05, 0) is 42.3 Å². The maximum atomic E-state index is 13.0. The summed E-state index contributed by atoms with van der Waals surface area (Å²) in [5.41, 5.74) is 0.615. The third-order valence-corrected chi connectivity index (χ3v) is 7.19. The van der Waals surface area contributed by atoms with E-state index in [4.69, 9.17) is 18.9 Å². The van der Waals surface area contributed by atoms with Crippen LogP contribution >= 0.6 is 11.3 Å². The molecule has 0 saturated carbocycles. The van der Waals surface area contributed by atoms with Crippen molar-refractivity contribution in [2.75, 3.05) is 20.3 Å². The normalized spacial score (nSPS) is 15.3. The number of fused-ring (bicyclic) bond motifs is 2. The largest absolute Gasteiger partial charge is 0.493 e. The summed E-state index contributed by atoms with van der Waals surface area (Å²) in [6.45, 7) is 3.17. The molecule has 2 aromatic heterocycles. The highest BCUT2D eigenvalue weighted by Crippen LogP contribution is 2.35. The van der Waals surface area contributed by atoms with Crippen LogP contribution in [-0.2, 0) is 0 Å². The summed E-state index contributed by atoms with van der Waals surface area (Å²) in [5.74, 6) is 3.11. The van der Waals surface area contributed by atoms with Gasteiger partial charge in [-0.15, -0.1) is 5.10 Å². The lowest BCUT2D eigenvalue weighted by Gasteiger charge is -2.24. The van der Waals surface area contributed by atoms with Crippen LogP contribution in [0.25, 0.3) is 11.0 Å². The molecule has 1 unspecified atom stereocenters. The van der Waals surface area contributed by atoms with E-state index in [0.717, 1.165) is 12.0 Å². The fourth-order valence-corrected chi connectivity index (χ4v) is 5.16. The second-order valence-electron chi connectivity index (χ2n) is 8.97. The van der Waals surface area contributed by atoms with Gasteiger partial charge in [-0.25, -0.2) is 0 Å². The zero-order chi connectivity index (χ0) is 25.6. The van der Waals surface area contributed by atoms with Crippen LogP contribution in [-0.4, -0.2) is 34.9 Å². The van der Waals surface area contributed by atoms with E-state index in [2.05, 4.69) is 17.0 Å². The Morgan fingerprint density at radius 1 is 1.08 bits per heavy atom. The predicted octanol–water partition coefficient (Wildman–Crippen LogP) is 4.96. The quantitative estimate of drug-likeness (QED) is 0.258. The highest BCUT2D eigenvalue weighted by Gasteiger charge is 2.27. The average Bonchev–Trinajstić information content (AvgIpc) is 3.47. The van der Waals surface area contributed by atoms with E-state index < -0.39 is 6.10 Å². The molecular formula is C28H31N3O5S. The molecule has 0 aliphatic carbocycles. The topological polar surface area (TPSA) is 84.2 Å². The van der Waals surface area contributed by atoms with Gasteiger partial charge in [0.1, 0.15) is 6.61 Å². The molecule has 9 heteroatoms. The zero-order valence-electron chi connectivity index (χ0n) is 21.1. The van der Waals surface area contributed by atoms with Crippen LogP contribution in [0.1, 0.15) is 62.9 Å². The van der Waals surface area contributed by atoms with Crippen molar-refractivity contribution in [1.29, 1.82) is 0 Å². The Labute approximate surface area is 219 Å². The molecule has 0 bridgehead atoms. The first kappa shape index (κ1) is 25.1. The molecule has 1 aliphatic rings. The second kappa shape index (κ2) is 11.6. The van der Waals surface area contributed by atoms with Crippen LogP contribution in [0.2, 0.25) is 0 Å². The fourth-order valence-electron chi connectivity index (χ4n) is 4.24. The minimum absolute atomic E-state index is 0.224. The molecule has 8 nitrogen and oxygen atoms in total. The maximum absolute atomic E-state index is 13.0. The van der Waals surface area contributed by atoms with Gasteiger partial charge < -0.3 is 18.9 Å². The van der Waals surface area contributed by atoms with Gasteiger partial charge in [0, 0.05) is 0 Å². The lowest BCUT2D eigenvalue weighted by molar-refractivity contribution is 0.0852. The molecule has 0 N–H and O–H groups in total. The van der Waals surface area contributed by atoms with Crippen molar-refractivity contribution in [3.63, 3.8) is 0 Å². The summed E-state index contributed by atoms with van der Waals surface area (Å²) < 4.78 is 25.1. The summed E-state index contributed by atoms with van der Waals surface area (Å²) in [4.78, 5) is 18.1. The van der Waals surface area contributed by atoms with Gasteiger partial charge in [-0.2, -0.15) is 9.50 Å². The van der Waals surface area contributed by atoms with Gasteiger partial charge in [0.2, 0.25) is 4.96 Å². The number of hydrogen-bond donors (Lipinski definition) is 0. The first-order valence-corrected chi connectivity index (χ1v) is 13.6. The molecule has 0 saturated heterocycles. The Morgan fingerprint density at radius 3 is 2.70 bits per heavy atom. The van der Waals surface area contributed by atoms with Crippen LogP contribution in [0.5, 0.6) is 23.0 Å². The number of nitrogens with zero attached hydrogens (tertiary/aromatic N) is 3. The van der Waals surface area contributed by atoms with Crippen molar-refractivity contribution in [1.82, 2.24) is 14.6 Å². The van der Waals surface area contributed by atoms with Crippen LogP contribution in [0.15, 0.2) is 47.3 Å². The smallest absolute Gasteiger partial charge is 0.291 e. The monoisotopic (exact) mass is 521 g/mol. The number of unbranched alkanes of at least 4 members (excludes halogenated alkanes) is 5.